The summed E-state index contributed by atoms with van der Waals surface area (Å²) in [5, 5.41) is 2.72. The highest BCUT2D eigenvalue weighted by Crippen LogP contribution is 2.32. The highest BCUT2D eigenvalue weighted by Gasteiger charge is 2.27. The molecule has 0 aliphatic carbocycles. The predicted octanol–water partition coefficient (Wildman–Crippen LogP) is 2.59. The zero-order valence-electron chi connectivity index (χ0n) is 14.1. The van der Waals surface area contributed by atoms with Gasteiger partial charge in [-0.1, -0.05) is 0 Å². The van der Waals surface area contributed by atoms with E-state index in [4.69, 9.17) is 4.74 Å². The third kappa shape index (κ3) is 2.84. The molecular weight excluding hydrogens is 322 g/mol. The van der Waals surface area contributed by atoms with Crippen LogP contribution in [0.5, 0.6) is 0 Å². The van der Waals surface area contributed by atoms with Gasteiger partial charge in [0.05, 0.1) is 29.3 Å². The first-order valence-corrected chi connectivity index (χ1v) is 7.83. The highest BCUT2D eigenvalue weighted by atomic mass is 16.5. The maximum atomic E-state index is 12.2. The number of amides is 1. The highest BCUT2D eigenvalue weighted by molar-refractivity contribution is 6.34. The van der Waals surface area contributed by atoms with Crippen LogP contribution in [0.4, 0.5) is 5.69 Å². The lowest BCUT2D eigenvalue weighted by molar-refractivity contribution is -0.110. The number of fused-ring (bicyclic) bond motifs is 1. The number of esters is 1. The Bertz CT molecular complexity index is 924. The summed E-state index contributed by atoms with van der Waals surface area (Å²) in [5.74, 6) is -1.06. The number of ether oxygens (including phenoxy) is 1. The lowest BCUT2D eigenvalue weighted by atomic mass is 10.0. The molecule has 0 saturated heterocycles. The number of carbonyl (C=O) groups is 3. The minimum atomic E-state index is -0.540. The first kappa shape index (κ1) is 16.6. The fourth-order valence-corrected chi connectivity index (χ4v) is 2.88. The number of aromatic amines is 1. The number of hydrogen-bond donors (Lipinski definition) is 2. The summed E-state index contributed by atoms with van der Waals surface area (Å²) in [6.07, 6.45) is 3.13. The van der Waals surface area contributed by atoms with Crippen molar-refractivity contribution in [3.63, 3.8) is 0 Å². The molecule has 2 N–H and O–H groups in total. The summed E-state index contributed by atoms with van der Waals surface area (Å²) in [6.45, 7) is 5.01. The molecule has 3 rings (SSSR count). The number of Topliss-reactive ketones (excluding diaryl/α,β-unsaturated/α-hetero) is 1. The van der Waals surface area contributed by atoms with E-state index in [1.807, 2.05) is 0 Å². The normalized spacial score (nSPS) is 14.4. The Labute approximate surface area is 144 Å². The molecule has 0 radical (unpaired) electrons. The van der Waals surface area contributed by atoms with E-state index in [-0.39, 0.29) is 24.0 Å². The molecule has 7 heteroatoms. The predicted molar refractivity (Wildman–Crippen MR) is 92.2 cm³/mol. The molecule has 3 heterocycles. The Morgan fingerprint density at radius 2 is 2.12 bits per heavy atom. The summed E-state index contributed by atoms with van der Waals surface area (Å²) in [4.78, 5) is 43.5. The topological polar surface area (TPSA) is 101 Å². The van der Waals surface area contributed by atoms with Crippen molar-refractivity contribution < 1.29 is 19.1 Å². The van der Waals surface area contributed by atoms with E-state index in [1.54, 1.807) is 38.3 Å². The van der Waals surface area contributed by atoms with Gasteiger partial charge in [0, 0.05) is 11.8 Å². The third-order valence-electron chi connectivity index (χ3n) is 3.95. The van der Waals surface area contributed by atoms with E-state index in [1.165, 1.54) is 6.92 Å². The number of rotatable bonds is 4. The fraction of sp³-hybridized carbons (Fsp3) is 0.222. The molecule has 1 aliphatic heterocycles. The SMILES string of the molecule is CCOC(=O)c1[nH]c(C=C2C(=O)Nc3cccnc32)c(C(C)=O)c1C. The van der Waals surface area contributed by atoms with E-state index in [0.29, 0.717) is 33.8 Å². The molecule has 0 saturated carbocycles. The van der Waals surface area contributed by atoms with Crippen LogP contribution in [0, 0.1) is 6.92 Å². The van der Waals surface area contributed by atoms with Gasteiger partial charge in [-0.25, -0.2) is 4.79 Å². The Balaban J connectivity index is 2.15. The van der Waals surface area contributed by atoms with E-state index >= 15 is 0 Å². The van der Waals surface area contributed by atoms with Crippen molar-refractivity contribution >= 4 is 35.0 Å². The van der Waals surface area contributed by atoms with Gasteiger partial charge in [0.2, 0.25) is 0 Å². The minimum Gasteiger partial charge on any atom is -0.461 e. The van der Waals surface area contributed by atoms with Gasteiger partial charge in [0.1, 0.15) is 5.69 Å². The van der Waals surface area contributed by atoms with Gasteiger partial charge < -0.3 is 15.0 Å². The quantitative estimate of drug-likeness (QED) is 0.506. The van der Waals surface area contributed by atoms with Crippen molar-refractivity contribution in [2.24, 2.45) is 0 Å². The first-order chi connectivity index (χ1) is 11.9. The molecule has 128 valence electrons. The number of anilines is 1. The second-order valence-electron chi connectivity index (χ2n) is 5.60. The van der Waals surface area contributed by atoms with Crippen LogP contribution in [-0.2, 0) is 9.53 Å². The lowest BCUT2D eigenvalue weighted by Gasteiger charge is -2.00. The van der Waals surface area contributed by atoms with Gasteiger partial charge in [0.15, 0.2) is 5.78 Å². The average Bonchev–Trinajstić information content (AvgIpc) is 3.05. The smallest absolute Gasteiger partial charge is 0.355 e. The van der Waals surface area contributed by atoms with Crippen molar-refractivity contribution in [2.75, 3.05) is 11.9 Å². The standard InChI is InChI=1S/C18H17N3O4/c1-4-25-18(24)15-9(2)14(10(3)22)13(20-15)8-11-16-12(21-17(11)23)6-5-7-19-16/h5-8,20H,4H2,1-3H3,(H,21,23). The van der Waals surface area contributed by atoms with Gasteiger partial charge in [-0.2, -0.15) is 0 Å². The molecule has 2 aromatic heterocycles. The number of carbonyl (C=O) groups excluding carboxylic acids is 3. The van der Waals surface area contributed by atoms with Gasteiger partial charge in [0.25, 0.3) is 5.91 Å². The summed E-state index contributed by atoms with van der Waals surface area (Å²) >= 11 is 0. The van der Waals surface area contributed by atoms with Gasteiger partial charge in [-0.05, 0) is 44.5 Å². The molecule has 0 spiro atoms. The van der Waals surface area contributed by atoms with E-state index in [0.717, 1.165) is 0 Å². The number of nitrogens with zero attached hydrogens (tertiary/aromatic N) is 1. The van der Waals surface area contributed by atoms with Crippen LogP contribution >= 0.6 is 0 Å². The molecule has 0 atom stereocenters. The van der Waals surface area contributed by atoms with E-state index in [9.17, 15) is 14.4 Å². The molecule has 2 aromatic rings. The number of aromatic nitrogens is 2. The molecule has 0 bridgehead atoms. The minimum absolute atomic E-state index is 0.207. The molecule has 25 heavy (non-hydrogen) atoms. The Morgan fingerprint density at radius 1 is 1.36 bits per heavy atom. The molecule has 1 aliphatic rings. The second-order valence-corrected chi connectivity index (χ2v) is 5.60. The number of hydrogen-bond acceptors (Lipinski definition) is 5. The average molecular weight is 339 g/mol. The van der Waals surface area contributed by atoms with Gasteiger partial charge >= 0.3 is 5.97 Å². The van der Waals surface area contributed by atoms with Crippen molar-refractivity contribution in [2.45, 2.75) is 20.8 Å². The number of H-pyrrole nitrogens is 1. The van der Waals surface area contributed by atoms with Crippen LogP contribution in [0.3, 0.4) is 0 Å². The Hall–Kier alpha value is -3.22. The van der Waals surface area contributed by atoms with Crippen molar-refractivity contribution in [1.29, 1.82) is 0 Å². The maximum absolute atomic E-state index is 12.2. The molecule has 1 amide bonds. The second kappa shape index (κ2) is 6.35. The first-order valence-electron chi connectivity index (χ1n) is 7.83. The molecule has 7 nitrogen and oxygen atoms in total. The largest absolute Gasteiger partial charge is 0.461 e. The van der Waals surface area contributed by atoms with E-state index < -0.39 is 5.97 Å². The van der Waals surface area contributed by atoms with Crippen LogP contribution in [0.25, 0.3) is 11.6 Å². The molecule has 0 aromatic carbocycles. The lowest BCUT2D eigenvalue weighted by Crippen LogP contribution is -2.07. The Kier molecular flexibility index (Phi) is 4.22. The third-order valence-corrected chi connectivity index (χ3v) is 3.95. The Morgan fingerprint density at radius 3 is 2.80 bits per heavy atom. The summed E-state index contributed by atoms with van der Waals surface area (Å²) < 4.78 is 5.01. The maximum Gasteiger partial charge on any atom is 0.355 e. The molecular formula is C18H17N3O4. The number of ketones is 1. The monoisotopic (exact) mass is 339 g/mol. The summed E-state index contributed by atoms with van der Waals surface area (Å²) in [6, 6.07) is 3.47. The van der Waals surface area contributed by atoms with Crippen LogP contribution in [-0.4, -0.2) is 34.2 Å². The summed E-state index contributed by atoms with van der Waals surface area (Å²) in [7, 11) is 0. The van der Waals surface area contributed by atoms with Crippen molar-refractivity contribution in [1.82, 2.24) is 9.97 Å². The van der Waals surface area contributed by atoms with Gasteiger partial charge in [-0.3, -0.25) is 14.6 Å². The van der Waals surface area contributed by atoms with Crippen molar-refractivity contribution in [3.05, 3.63) is 46.5 Å². The van der Waals surface area contributed by atoms with Crippen molar-refractivity contribution in [3.8, 4) is 0 Å². The van der Waals surface area contributed by atoms with E-state index in [2.05, 4.69) is 15.3 Å². The summed E-state index contributed by atoms with van der Waals surface area (Å²) in [5.41, 5.74) is 2.89. The molecule has 0 fully saturated rings. The van der Waals surface area contributed by atoms with Crippen LogP contribution < -0.4 is 5.32 Å². The number of pyridine rings is 1. The molecule has 0 unspecified atom stereocenters. The zero-order valence-corrected chi connectivity index (χ0v) is 14.1. The number of nitrogens with one attached hydrogen (secondary N) is 2. The van der Waals surface area contributed by atoms with Crippen LogP contribution in [0.1, 0.15) is 51.6 Å². The van der Waals surface area contributed by atoms with Gasteiger partial charge in [-0.15, -0.1) is 0 Å². The fourth-order valence-electron chi connectivity index (χ4n) is 2.88. The zero-order chi connectivity index (χ0) is 18.1. The van der Waals surface area contributed by atoms with Crippen LogP contribution in [0.2, 0.25) is 0 Å². The van der Waals surface area contributed by atoms with Crippen LogP contribution in [0.15, 0.2) is 18.3 Å².